The number of hydrogen-bond donors (Lipinski definition) is 1. The summed E-state index contributed by atoms with van der Waals surface area (Å²) in [6.45, 7) is 2.49. The van der Waals surface area contributed by atoms with E-state index in [9.17, 15) is 9.59 Å². The van der Waals surface area contributed by atoms with Gasteiger partial charge in [-0.25, -0.2) is 9.67 Å². The number of fused-ring (bicyclic) bond motifs is 1. The number of amides is 1. The monoisotopic (exact) mass is 441 g/mol. The van der Waals surface area contributed by atoms with Crippen LogP contribution in [0.25, 0.3) is 16.7 Å². The number of aryl methyl sites for hydroxylation is 1. The lowest BCUT2D eigenvalue weighted by molar-refractivity contribution is -0.122. The van der Waals surface area contributed by atoms with Crippen molar-refractivity contribution in [3.8, 4) is 5.69 Å². The second kappa shape index (κ2) is 8.65. The van der Waals surface area contributed by atoms with Crippen molar-refractivity contribution in [1.82, 2.24) is 24.6 Å². The second-order valence-corrected chi connectivity index (χ2v) is 8.89. The van der Waals surface area contributed by atoms with E-state index in [-0.39, 0.29) is 23.4 Å². The zero-order chi connectivity index (χ0) is 22.8. The molecule has 1 saturated carbocycles. The minimum atomic E-state index is -0.270. The molecule has 0 bridgehead atoms. The summed E-state index contributed by atoms with van der Waals surface area (Å²) in [5.41, 5.74) is 3.36. The maximum absolute atomic E-state index is 13.0. The highest BCUT2D eigenvalue weighted by Crippen LogP contribution is 2.40. The minimum absolute atomic E-state index is 0.0290. The molecule has 0 radical (unpaired) electrons. The van der Waals surface area contributed by atoms with Gasteiger partial charge in [0.05, 0.1) is 11.9 Å². The molecule has 1 aliphatic carbocycles. The van der Waals surface area contributed by atoms with Crippen LogP contribution in [0.4, 0.5) is 0 Å². The largest absolute Gasteiger partial charge is 0.354 e. The Hall–Kier alpha value is -3.74. The van der Waals surface area contributed by atoms with Crippen LogP contribution in [-0.4, -0.2) is 31.8 Å². The highest BCUT2D eigenvalue weighted by molar-refractivity contribution is 5.78. The third-order valence-electron chi connectivity index (χ3n) is 6.78. The van der Waals surface area contributed by atoms with Crippen molar-refractivity contribution >= 4 is 16.9 Å². The number of benzene rings is 2. The predicted octanol–water partition coefficient (Wildman–Crippen LogP) is 3.52. The first-order chi connectivity index (χ1) is 16.1. The van der Waals surface area contributed by atoms with Gasteiger partial charge in [0.25, 0.3) is 5.56 Å². The van der Waals surface area contributed by atoms with Gasteiger partial charge in [-0.2, -0.15) is 5.10 Å². The van der Waals surface area contributed by atoms with Crippen LogP contribution in [-0.2, 0) is 16.8 Å². The molecular formula is C26H27N5O2. The van der Waals surface area contributed by atoms with Crippen LogP contribution in [0.2, 0.25) is 0 Å². The molecule has 0 aliphatic heterocycles. The Kier molecular flexibility index (Phi) is 5.54. The van der Waals surface area contributed by atoms with E-state index in [4.69, 9.17) is 0 Å². The molecule has 4 aromatic rings. The number of carbonyl (C=O) groups is 1. The molecule has 0 unspecified atom stereocenters. The summed E-state index contributed by atoms with van der Waals surface area (Å²) in [5, 5.41) is 7.85. The van der Waals surface area contributed by atoms with Crippen LogP contribution in [0.15, 0.2) is 71.9 Å². The van der Waals surface area contributed by atoms with E-state index < -0.39 is 0 Å². The molecular weight excluding hydrogens is 414 g/mol. The Labute approximate surface area is 192 Å². The first-order valence-corrected chi connectivity index (χ1v) is 11.4. The second-order valence-electron chi connectivity index (χ2n) is 8.89. The van der Waals surface area contributed by atoms with Crippen LogP contribution in [0.1, 0.15) is 36.8 Å². The van der Waals surface area contributed by atoms with E-state index in [1.807, 2.05) is 37.3 Å². The first kappa shape index (κ1) is 21.1. The molecule has 2 aromatic carbocycles. The van der Waals surface area contributed by atoms with Gasteiger partial charge in [-0.05, 0) is 37.0 Å². The first-order valence-electron chi connectivity index (χ1n) is 11.4. The molecule has 0 spiro atoms. The zero-order valence-corrected chi connectivity index (χ0v) is 18.7. The van der Waals surface area contributed by atoms with Crippen LogP contribution < -0.4 is 10.9 Å². The third-order valence-corrected chi connectivity index (χ3v) is 6.78. The maximum Gasteiger partial charge on any atom is 0.264 e. The maximum atomic E-state index is 13.0. The average Bonchev–Trinajstić information content (AvgIpc) is 3.49. The van der Waals surface area contributed by atoms with Gasteiger partial charge in [-0.3, -0.25) is 14.2 Å². The zero-order valence-electron chi connectivity index (χ0n) is 18.7. The van der Waals surface area contributed by atoms with Crippen LogP contribution >= 0.6 is 0 Å². The Balaban J connectivity index is 1.34. The smallest absolute Gasteiger partial charge is 0.264 e. The number of carbonyl (C=O) groups excluding carboxylic acids is 1. The van der Waals surface area contributed by atoms with Gasteiger partial charge in [0.2, 0.25) is 5.91 Å². The van der Waals surface area contributed by atoms with Crippen molar-refractivity contribution in [2.75, 3.05) is 6.54 Å². The average molecular weight is 442 g/mol. The molecule has 168 valence electrons. The Bertz CT molecular complexity index is 1350. The molecule has 0 saturated heterocycles. The summed E-state index contributed by atoms with van der Waals surface area (Å²) in [6.07, 6.45) is 7.40. The molecule has 1 amide bonds. The molecule has 33 heavy (non-hydrogen) atoms. The number of aromatic nitrogens is 4. The summed E-state index contributed by atoms with van der Waals surface area (Å²) in [7, 11) is 0. The highest BCUT2D eigenvalue weighted by atomic mass is 16.2. The summed E-state index contributed by atoms with van der Waals surface area (Å²) in [6, 6.07) is 18.2. The molecule has 5 rings (SSSR count). The number of nitrogens with zero attached hydrogens (tertiary/aromatic N) is 4. The van der Waals surface area contributed by atoms with Gasteiger partial charge >= 0.3 is 0 Å². The molecule has 2 aromatic heterocycles. The summed E-state index contributed by atoms with van der Waals surface area (Å²) in [5.74, 6) is -0.188. The molecule has 1 N–H and O–H groups in total. The summed E-state index contributed by atoms with van der Waals surface area (Å²) in [4.78, 5) is 30.3. The summed E-state index contributed by atoms with van der Waals surface area (Å²) < 4.78 is 3.02. The molecule has 1 aliphatic rings. The highest BCUT2D eigenvalue weighted by Gasteiger charge is 2.35. The standard InChI is InChI=1S/C26H27N5O2/c1-19-9-5-6-12-22(19)31-24-21(15-29-31)25(33)30(18-28-24)16-23(32)27-17-26(13-7-8-14-26)20-10-3-2-4-11-20/h2-6,9-12,15,18H,7-8,13-14,16-17H2,1H3,(H,27,32). The number of hydrogen-bond acceptors (Lipinski definition) is 4. The van der Waals surface area contributed by atoms with Gasteiger partial charge in [0.15, 0.2) is 5.65 Å². The fourth-order valence-corrected chi connectivity index (χ4v) is 4.93. The lowest BCUT2D eigenvalue weighted by Gasteiger charge is -2.30. The van der Waals surface area contributed by atoms with E-state index in [1.165, 1.54) is 22.7 Å². The Morgan fingerprint density at radius 3 is 2.55 bits per heavy atom. The van der Waals surface area contributed by atoms with Crippen LogP contribution in [0.5, 0.6) is 0 Å². The molecule has 2 heterocycles. The van der Waals surface area contributed by atoms with E-state index >= 15 is 0 Å². The number of nitrogens with one attached hydrogen (secondary N) is 1. The van der Waals surface area contributed by atoms with Gasteiger partial charge in [-0.1, -0.05) is 61.4 Å². The van der Waals surface area contributed by atoms with Gasteiger partial charge in [-0.15, -0.1) is 0 Å². The lowest BCUT2D eigenvalue weighted by Crippen LogP contribution is -2.41. The quantitative estimate of drug-likeness (QED) is 0.496. The van der Waals surface area contributed by atoms with Gasteiger partial charge in [0.1, 0.15) is 18.3 Å². The number of rotatable bonds is 6. The number of para-hydroxylation sites is 1. The SMILES string of the molecule is Cc1ccccc1-n1ncc2c(=O)n(CC(=O)NCC3(c4ccccc4)CCCC3)cnc21. The van der Waals surface area contributed by atoms with Crippen molar-refractivity contribution in [3.63, 3.8) is 0 Å². The van der Waals surface area contributed by atoms with Crippen molar-refractivity contribution in [1.29, 1.82) is 0 Å². The van der Waals surface area contributed by atoms with E-state index in [1.54, 1.807) is 4.68 Å². The van der Waals surface area contributed by atoms with Crippen LogP contribution in [0.3, 0.4) is 0 Å². The molecule has 1 fully saturated rings. The van der Waals surface area contributed by atoms with Gasteiger partial charge < -0.3 is 5.32 Å². The molecule has 0 atom stereocenters. The van der Waals surface area contributed by atoms with Crippen molar-refractivity contribution in [2.45, 2.75) is 44.6 Å². The lowest BCUT2D eigenvalue weighted by atomic mass is 9.79. The third kappa shape index (κ3) is 3.95. The Morgan fingerprint density at radius 1 is 1.06 bits per heavy atom. The van der Waals surface area contributed by atoms with Crippen molar-refractivity contribution in [2.24, 2.45) is 0 Å². The summed E-state index contributed by atoms with van der Waals surface area (Å²) >= 11 is 0. The Morgan fingerprint density at radius 2 is 1.79 bits per heavy atom. The fraction of sp³-hybridized carbons (Fsp3) is 0.308. The predicted molar refractivity (Wildman–Crippen MR) is 127 cm³/mol. The van der Waals surface area contributed by atoms with Crippen LogP contribution in [0, 0.1) is 6.92 Å². The molecule has 7 heteroatoms. The van der Waals surface area contributed by atoms with Crippen molar-refractivity contribution in [3.05, 3.63) is 88.6 Å². The van der Waals surface area contributed by atoms with Crippen molar-refractivity contribution < 1.29 is 4.79 Å². The fourth-order valence-electron chi connectivity index (χ4n) is 4.93. The van der Waals surface area contributed by atoms with E-state index in [0.717, 1.165) is 36.9 Å². The van der Waals surface area contributed by atoms with E-state index in [2.05, 4.69) is 39.7 Å². The topological polar surface area (TPSA) is 81.8 Å². The minimum Gasteiger partial charge on any atom is -0.354 e. The normalized spacial score (nSPS) is 15.1. The van der Waals surface area contributed by atoms with E-state index in [0.29, 0.717) is 17.6 Å². The molecule has 7 nitrogen and oxygen atoms in total. The van der Waals surface area contributed by atoms with Gasteiger partial charge in [0, 0.05) is 12.0 Å².